The Labute approximate surface area is 121 Å². The number of hydrogen-bond donors (Lipinski definition) is 2. The lowest BCUT2D eigenvalue weighted by Gasteiger charge is -2.06. The fourth-order valence-corrected chi connectivity index (χ4v) is 2.91. The fraction of sp³-hybridized carbons (Fsp3) is 0.154. The van der Waals surface area contributed by atoms with Crippen LogP contribution in [0.2, 0.25) is 5.02 Å². The average molecular weight is 313 g/mol. The predicted molar refractivity (Wildman–Crippen MR) is 77.4 cm³/mol. The van der Waals surface area contributed by atoms with Gasteiger partial charge in [0.1, 0.15) is 5.02 Å². The summed E-state index contributed by atoms with van der Waals surface area (Å²) in [6.07, 6.45) is 1.70. The number of hydrogen-bond acceptors (Lipinski definition) is 3. The van der Waals surface area contributed by atoms with Crippen LogP contribution >= 0.6 is 11.6 Å². The van der Waals surface area contributed by atoms with Gasteiger partial charge in [0.2, 0.25) is 10.0 Å². The molecule has 0 fully saturated rings. The highest BCUT2D eigenvalue weighted by Crippen LogP contribution is 2.10. The molecule has 0 atom stereocenters. The summed E-state index contributed by atoms with van der Waals surface area (Å²) in [6.45, 7) is 0.267. The molecule has 20 heavy (non-hydrogen) atoms. The highest BCUT2D eigenvalue weighted by atomic mass is 35.5. The molecule has 1 heterocycles. The van der Waals surface area contributed by atoms with E-state index in [4.69, 9.17) is 11.6 Å². The summed E-state index contributed by atoms with van der Waals surface area (Å²) in [5, 5.41) is -0.157. The van der Waals surface area contributed by atoms with Gasteiger partial charge in [0.25, 0.3) is 5.56 Å². The van der Waals surface area contributed by atoms with Crippen LogP contribution in [0.15, 0.2) is 52.3 Å². The van der Waals surface area contributed by atoms with E-state index < -0.39 is 15.6 Å². The Morgan fingerprint density at radius 2 is 1.90 bits per heavy atom. The summed E-state index contributed by atoms with van der Waals surface area (Å²) in [6, 6.07) is 10.7. The highest BCUT2D eigenvalue weighted by molar-refractivity contribution is 7.89. The van der Waals surface area contributed by atoms with E-state index in [9.17, 15) is 13.2 Å². The zero-order chi connectivity index (χ0) is 14.6. The third-order valence-electron chi connectivity index (χ3n) is 2.69. The Morgan fingerprint density at radius 3 is 2.55 bits per heavy atom. The molecular formula is C13H13ClN2O3S. The molecule has 0 bridgehead atoms. The molecule has 1 aromatic heterocycles. The molecule has 0 saturated heterocycles. The van der Waals surface area contributed by atoms with Gasteiger partial charge in [0.15, 0.2) is 0 Å². The lowest BCUT2D eigenvalue weighted by molar-refractivity contribution is 0.581. The molecule has 0 saturated carbocycles. The molecule has 0 aliphatic carbocycles. The van der Waals surface area contributed by atoms with Crippen molar-refractivity contribution in [2.45, 2.75) is 11.3 Å². The van der Waals surface area contributed by atoms with Crippen molar-refractivity contribution in [1.29, 1.82) is 0 Å². The van der Waals surface area contributed by atoms with Gasteiger partial charge in [0.05, 0.1) is 4.90 Å². The molecule has 0 amide bonds. The molecule has 106 valence electrons. The number of sulfonamides is 1. The van der Waals surface area contributed by atoms with Gasteiger partial charge in [0, 0.05) is 12.7 Å². The number of benzene rings is 1. The van der Waals surface area contributed by atoms with Crippen LogP contribution in [0.3, 0.4) is 0 Å². The maximum atomic E-state index is 12.0. The van der Waals surface area contributed by atoms with Crippen molar-refractivity contribution in [3.8, 4) is 0 Å². The second-order valence-corrected chi connectivity index (χ2v) is 6.32. The van der Waals surface area contributed by atoms with Crippen molar-refractivity contribution in [3.05, 3.63) is 63.5 Å². The van der Waals surface area contributed by atoms with Crippen molar-refractivity contribution in [2.75, 3.05) is 6.54 Å². The van der Waals surface area contributed by atoms with Crippen molar-refractivity contribution < 1.29 is 8.42 Å². The molecule has 7 heteroatoms. The predicted octanol–water partition coefficient (Wildman–Crippen LogP) is 1.55. The Morgan fingerprint density at radius 1 is 1.20 bits per heavy atom. The number of pyridine rings is 1. The standard InChI is InChI=1S/C13H13ClN2O3S/c14-12-8-11(9-15-13(12)17)20(18,19)16-7-6-10-4-2-1-3-5-10/h1-5,8-9,16H,6-7H2,(H,15,17). The first-order chi connectivity index (χ1) is 9.49. The van der Waals surface area contributed by atoms with E-state index in [0.29, 0.717) is 6.42 Å². The van der Waals surface area contributed by atoms with Crippen LogP contribution in [0.4, 0.5) is 0 Å². The van der Waals surface area contributed by atoms with Crippen LogP contribution < -0.4 is 10.3 Å². The van der Waals surface area contributed by atoms with Crippen LogP contribution in [0, 0.1) is 0 Å². The van der Waals surface area contributed by atoms with Gasteiger partial charge in [-0.15, -0.1) is 0 Å². The topological polar surface area (TPSA) is 79.0 Å². The Bertz CT molecular complexity index is 742. The normalized spacial score (nSPS) is 11.4. The second kappa shape index (κ2) is 6.21. The number of rotatable bonds is 5. The van der Waals surface area contributed by atoms with Crippen LogP contribution in [0.25, 0.3) is 0 Å². The zero-order valence-corrected chi connectivity index (χ0v) is 12.0. The lowest BCUT2D eigenvalue weighted by atomic mass is 10.2. The summed E-state index contributed by atoms with van der Waals surface area (Å²) < 4.78 is 26.5. The Hall–Kier alpha value is -1.63. The van der Waals surface area contributed by atoms with Crippen molar-refractivity contribution in [1.82, 2.24) is 9.71 Å². The molecule has 5 nitrogen and oxygen atoms in total. The van der Waals surface area contributed by atoms with Gasteiger partial charge in [-0.05, 0) is 18.1 Å². The minimum absolute atomic E-state index is 0.0600. The fourth-order valence-electron chi connectivity index (χ4n) is 1.65. The van der Waals surface area contributed by atoms with E-state index in [-0.39, 0.29) is 16.5 Å². The maximum Gasteiger partial charge on any atom is 0.266 e. The van der Waals surface area contributed by atoms with Crippen molar-refractivity contribution in [2.24, 2.45) is 0 Å². The quantitative estimate of drug-likeness (QED) is 0.879. The van der Waals surface area contributed by atoms with Crippen molar-refractivity contribution >= 4 is 21.6 Å². The van der Waals surface area contributed by atoms with Gasteiger partial charge in [-0.3, -0.25) is 4.79 Å². The number of halogens is 1. The van der Waals surface area contributed by atoms with Gasteiger partial charge in [-0.1, -0.05) is 41.9 Å². The summed E-state index contributed by atoms with van der Waals surface area (Å²) >= 11 is 5.61. The summed E-state index contributed by atoms with van der Waals surface area (Å²) in [5.74, 6) is 0. The molecule has 0 aliphatic rings. The van der Waals surface area contributed by atoms with E-state index in [1.54, 1.807) is 0 Å². The van der Waals surface area contributed by atoms with E-state index in [1.165, 1.54) is 0 Å². The molecule has 0 spiro atoms. The Balaban J connectivity index is 2.04. The van der Waals surface area contributed by atoms with Gasteiger partial charge < -0.3 is 4.98 Å². The number of aromatic nitrogens is 1. The van der Waals surface area contributed by atoms with E-state index in [0.717, 1.165) is 17.8 Å². The lowest BCUT2D eigenvalue weighted by Crippen LogP contribution is -2.26. The Kier molecular flexibility index (Phi) is 4.59. The van der Waals surface area contributed by atoms with Crippen molar-refractivity contribution in [3.63, 3.8) is 0 Å². The molecule has 1 aromatic carbocycles. The number of nitrogens with one attached hydrogen (secondary N) is 2. The van der Waals surface area contributed by atoms with Gasteiger partial charge in [-0.2, -0.15) is 0 Å². The zero-order valence-electron chi connectivity index (χ0n) is 10.5. The number of H-pyrrole nitrogens is 1. The van der Waals surface area contributed by atoms with Crippen LogP contribution in [0.5, 0.6) is 0 Å². The van der Waals surface area contributed by atoms with E-state index in [2.05, 4.69) is 9.71 Å². The first-order valence-electron chi connectivity index (χ1n) is 5.91. The largest absolute Gasteiger partial charge is 0.326 e. The minimum Gasteiger partial charge on any atom is -0.326 e. The summed E-state index contributed by atoms with van der Waals surface area (Å²) in [7, 11) is -3.67. The molecule has 2 rings (SSSR count). The molecular weight excluding hydrogens is 300 g/mol. The summed E-state index contributed by atoms with van der Waals surface area (Å²) in [4.78, 5) is 13.3. The summed E-state index contributed by atoms with van der Waals surface area (Å²) in [5.41, 5.74) is 0.518. The maximum absolute atomic E-state index is 12.0. The van der Waals surface area contributed by atoms with E-state index in [1.807, 2.05) is 30.3 Å². The molecule has 0 radical (unpaired) electrons. The highest BCUT2D eigenvalue weighted by Gasteiger charge is 2.14. The van der Waals surface area contributed by atoms with Gasteiger partial charge in [-0.25, -0.2) is 13.1 Å². The average Bonchev–Trinajstić information content (AvgIpc) is 2.43. The van der Waals surface area contributed by atoms with Crippen LogP contribution in [-0.4, -0.2) is 19.9 Å². The first-order valence-corrected chi connectivity index (χ1v) is 7.77. The van der Waals surface area contributed by atoms with Crippen LogP contribution in [-0.2, 0) is 16.4 Å². The first kappa shape index (κ1) is 14.8. The number of aromatic amines is 1. The van der Waals surface area contributed by atoms with E-state index >= 15 is 0 Å². The molecule has 2 aromatic rings. The molecule has 0 unspecified atom stereocenters. The van der Waals surface area contributed by atoms with Gasteiger partial charge >= 0.3 is 0 Å². The minimum atomic E-state index is -3.67. The smallest absolute Gasteiger partial charge is 0.266 e. The molecule has 0 aliphatic heterocycles. The van der Waals surface area contributed by atoms with Crippen LogP contribution in [0.1, 0.15) is 5.56 Å². The third kappa shape index (κ3) is 3.69. The monoisotopic (exact) mass is 312 g/mol. The SMILES string of the molecule is O=c1[nH]cc(S(=O)(=O)NCCc2ccccc2)cc1Cl. The molecule has 2 N–H and O–H groups in total. The third-order valence-corrected chi connectivity index (χ3v) is 4.41. The second-order valence-electron chi connectivity index (χ2n) is 4.15.